The summed E-state index contributed by atoms with van der Waals surface area (Å²) in [6, 6.07) is 5.93. The van der Waals surface area contributed by atoms with E-state index in [-0.39, 0.29) is 5.56 Å². The van der Waals surface area contributed by atoms with Crippen LogP contribution >= 0.6 is 15.9 Å². The molecule has 0 aliphatic heterocycles. The van der Waals surface area contributed by atoms with Crippen LogP contribution in [0.1, 0.15) is 24.5 Å². The second kappa shape index (κ2) is 5.74. The van der Waals surface area contributed by atoms with E-state index >= 15 is 0 Å². The van der Waals surface area contributed by atoms with Crippen LogP contribution in [0, 0.1) is 0 Å². The molecule has 0 fully saturated rings. The lowest BCUT2D eigenvalue weighted by molar-refractivity contribution is 0.114. The van der Waals surface area contributed by atoms with Gasteiger partial charge in [-0.3, -0.25) is 0 Å². The lowest BCUT2D eigenvalue weighted by Crippen LogP contribution is -2.01. The summed E-state index contributed by atoms with van der Waals surface area (Å²) in [5.41, 5.74) is 1.72. The molecule has 2 nitrogen and oxygen atoms in total. The molecule has 2 aromatic rings. The first-order valence-corrected chi connectivity index (χ1v) is 6.78. The predicted octanol–water partition coefficient (Wildman–Crippen LogP) is 4.54. The Morgan fingerprint density at radius 1 is 1.11 bits per heavy atom. The van der Waals surface area contributed by atoms with E-state index in [4.69, 9.17) is 0 Å². The number of nitrogens with zero attached hydrogens (tertiary/aromatic N) is 2. The second-order valence-corrected chi connectivity index (χ2v) is 5.24. The van der Waals surface area contributed by atoms with Crippen molar-refractivity contribution in [2.24, 2.45) is 0 Å². The van der Waals surface area contributed by atoms with Gasteiger partial charge >= 0.3 is 4.83 Å². The van der Waals surface area contributed by atoms with Crippen molar-refractivity contribution in [3.05, 3.63) is 47.8 Å². The lowest BCUT2D eigenvalue weighted by Gasteiger charge is -2.09. The highest BCUT2D eigenvalue weighted by Gasteiger charge is 2.26. The highest BCUT2D eigenvalue weighted by molar-refractivity contribution is 9.09. The van der Waals surface area contributed by atoms with Crippen LogP contribution in [-0.4, -0.2) is 9.97 Å². The third-order valence-electron chi connectivity index (χ3n) is 2.71. The van der Waals surface area contributed by atoms with Gasteiger partial charge in [-0.1, -0.05) is 37.6 Å². The van der Waals surface area contributed by atoms with Gasteiger partial charge in [0.05, 0.1) is 0 Å². The smallest absolute Gasteiger partial charge is 0.236 e. The van der Waals surface area contributed by atoms with Crippen molar-refractivity contribution in [3.8, 4) is 11.4 Å². The van der Waals surface area contributed by atoms with Crippen molar-refractivity contribution in [2.75, 3.05) is 0 Å². The number of hydrogen-bond acceptors (Lipinski definition) is 2. The minimum absolute atomic E-state index is 0.0844. The van der Waals surface area contributed by atoms with Crippen molar-refractivity contribution in [1.29, 1.82) is 0 Å². The molecule has 0 amide bonds. The molecule has 0 unspecified atom stereocenters. The molecule has 0 bridgehead atoms. The normalized spacial score (nSPS) is 11.6. The summed E-state index contributed by atoms with van der Waals surface area (Å²) in [6.45, 7) is 2.09. The summed E-state index contributed by atoms with van der Waals surface area (Å²) in [6.07, 6.45) is 5.53. The van der Waals surface area contributed by atoms with Gasteiger partial charge in [0.1, 0.15) is 0 Å². The van der Waals surface area contributed by atoms with E-state index < -0.39 is 4.83 Å². The number of benzene rings is 1. The molecular weight excluding hydrogens is 314 g/mol. The van der Waals surface area contributed by atoms with Crippen LogP contribution in [0.4, 0.5) is 8.78 Å². The van der Waals surface area contributed by atoms with Crippen LogP contribution in [0.5, 0.6) is 0 Å². The molecule has 0 atom stereocenters. The monoisotopic (exact) mass is 326 g/mol. The molecule has 1 aromatic heterocycles. The van der Waals surface area contributed by atoms with Gasteiger partial charge in [-0.15, -0.1) is 0 Å². The number of hydrogen-bond donors (Lipinski definition) is 0. The maximum absolute atomic E-state index is 13.0. The topological polar surface area (TPSA) is 25.8 Å². The van der Waals surface area contributed by atoms with Gasteiger partial charge in [-0.2, -0.15) is 8.78 Å². The number of aryl methyl sites for hydroxylation is 1. The number of alkyl halides is 3. The van der Waals surface area contributed by atoms with Gasteiger partial charge in [0, 0.05) is 23.5 Å². The molecule has 19 heavy (non-hydrogen) atoms. The fourth-order valence-electron chi connectivity index (χ4n) is 1.73. The Labute approximate surface area is 119 Å². The third-order valence-corrected chi connectivity index (χ3v) is 3.17. The van der Waals surface area contributed by atoms with Gasteiger partial charge in [0.2, 0.25) is 0 Å². The van der Waals surface area contributed by atoms with Crippen molar-refractivity contribution >= 4 is 15.9 Å². The number of aromatic nitrogens is 2. The van der Waals surface area contributed by atoms with Crippen molar-refractivity contribution < 1.29 is 8.78 Å². The fourth-order valence-corrected chi connectivity index (χ4v) is 1.99. The van der Waals surface area contributed by atoms with E-state index in [0.29, 0.717) is 5.82 Å². The van der Waals surface area contributed by atoms with E-state index in [2.05, 4.69) is 32.8 Å². The Hall–Kier alpha value is -1.36. The molecule has 0 saturated heterocycles. The van der Waals surface area contributed by atoms with Crippen molar-refractivity contribution in [1.82, 2.24) is 9.97 Å². The van der Waals surface area contributed by atoms with Gasteiger partial charge in [0.15, 0.2) is 5.82 Å². The van der Waals surface area contributed by atoms with E-state index in [9.17, 15) is 8.78 Å². The predicted molar refractivity (Wildman–Crippen MR) is 74.3 cm³/mol. The fraction of sp³-hybridized carbons (Fsp3) is 0.286. The molecule has 0 spiro atoms. The third kappa shape index (κ3) is 3.56. The molecule has 1 aromatic carbocycles. The molecule has 2 rings (SSSR count). The molecule has 0 saturated carbocycles. The SMILES string of the molecule is CCCc1cnc(-c2ccc(C(F)(F)Br)cc2)nc1. The van der Waals surface area contributed by atoms with Gasteiger partial charge in [-0.25, -0.2) is 9.97 Å². The second-order valence-electron chi connectivity index (χ2n) is 4.24. The summed E-state index contributed by atoms with van der Waals surface area (Å²) in [5, 5.41) is 0. The standard InChI is InChI=1S/C14H13BrF2N2/c1-2-3-10-8-18-13(19-9-10)11-4-6-12(7-5-11)14(15,16)17/h4-9H,2-3H2,1H3. The Balaban J connectivity index is 2.22. The number of halogens is 3. The summed E-state index contributed by atoms with van der Waals surface area (Å²) in [7, 11) is 0. The summed E-state index contributed by atoms with van der Waals surface area (Å²) >= 11 is 2.33. The zero-order valence-electron chi connectivity index (χ0n) is 10.4. The molecule has 0 aliphatic rings. The van der Waals surface area contributed by atoms with E-state index in [1.807, 2.05) is 0 Å². The average Bonchev–Trinajstić information content (AvgIpc) is 2.39. The first-order chi connectivity index (χ1) is 9.00. The summed E-state index contributed by atoms with van der Waals surface area (Å²) in [4.78, 5) is 5.50. The summed E-state index contributed by atoms with van der Waals surface area (Å²) < 4.78 is 26.0. The van der Waals surface area contributed by atoms with Crippen LogP contribution in [-0.2, 0) is 11.3 Å². The minimum atomic E-state index is -3.00. The number of rotatable bonds is 4. The first kappa shape index (κ1) is 14.1. The quantitative estimate of drug-likeness (QED) is 0.771. The van der Waals surface area contributed by atoms with Crippen LogP contribution in [0.15, 0.2) is 36.7 Å². The van der Waals surface area contributed by atoms with E-state index in [0.717, 1.165) is 24.0 Å². The molecule has 1 heterocycles. The zero-order valence-corrected chi connectivity index (χ0v) is 12.0. The molecule has 100 valence electrons. The highest BCUT2D eigenvalue weighted by Crippen LogP contribution is 2.35. The average molecular weight is 327 g/mol. The molecule has 0 aliphatic carbocycles. The molecular formula is C14H13BrF2N2. The summed E-state index contributed by atoms with van der Waals surface area (Å²) in [5.74, 6) is 0.546. The Morgan fingerprint density at radius 2 is 1.68 bits per heavy atom. The van der Waals surface area contributed by atoms with Crippen LogP contribution in [0.2, 0.25) is 0 Å². The lowest BCUT2D eigenvalue weighted by atomic mass is 10.1. The largest absolute Gasteiger partial charge is 0.326 e. The van der Waals surface area contributed by atoms with Crippen molar-refractivity contribution in [2.45, 2.75) is 24.6 Å². The van der Waals surface area contributed by atoms with E-state index in [1.54, 1.807) is 24.5 Å². The Bertz CT molecular complexity index is 533. The van der Waals surface area contributed by atoms with Crippen LogP contribution in [0.25, 0.3) is 11.4 Å². The Kier molecular flexibility index (Phi) is 4.24. The molecule has 0 N–H and O–H groups in total. The highest BCUT2D eigenvalue weighted by atomic mass is 79.9. The first-order valence-electron chi connectivity index (χ1n) is 5.99. The van der Waals surface area contributed by atoms with Gasteiger partial charge in [-0.05, 0) is 27.9 Å². The maximum Gasteiger partial charge on any atom is 0.326 e. The van der Waals surface area contributed by atoms with Gasteiger partial charge < -0.3 is 0 Å². The van der Waals surface area contributed by atoms with Gasteiger partial charge in [0.25, 0.3) is 0 Å². The Morgan fingerprint density at radius 3 is 2.16 bits per heavy atom. The van der Waals surface area contributed by atoms with Crippen molar-refractivity contribution in [3.63, 3.8) is 0 Å². The minimum Gasteiger partial charge on any atom is -0.236 e. The molecule has 0 radical (unpaired) electrons. The zero-order chi connectivity index (χ0) is 13.9. The maximum atomic E-state index is 13.0. The van der Waals surface area contributed by atoms with Crippen LogP contribution < -0.4 is 0 Å². The molecule has 5 heteroatoms. The van der Waals surface area contributed by atoms with Crippen LogP contribution in [0.3, 0.4) is 0 Å². The van der Waals surface area contributed by atoms with E-state index in [1.165, 1.54) is 12.1 Å².